The lowest BCUT2D eigenvalue weighted by molar-refractivity contribution is 0.456. The van der Waals surface area contributed by atoms with Crippen LogP contribution in [0.1, 0.15) is 32.8 Å². The Morgan fingerprint density at radius 3 is 2.48 bits per heavy atom. The first kappa shape index (κ1) is 15.8. The smallest absolute Gasteiger partial charge is 0.238 e. The SMILES string of the molecule is CCC(C)(C)c1ccc(Oc2nc(NC)ncc2Br)cc1. The van der Waals surface area contributed by atoms with Crippen molar-refractivity contribution in [2.24, 2.45) is 0 Å². The predicted octanol–water partition coefficient (Wildman–Crippen LogP) is 4.76. The molecule has 4 nitrogen and oxygen atoms in total. The maximum Gasteiger partial charge on any atom is 0.238 e. The van der Waals surface area contributed by atoms with E-state index in [9.17, 15) is 0 Å². The van der Waals surface area contributed by atoms with Gasteiger partial charge in [0.15, 0.2) is 0 Å². The van der Waals surface area contributed by atoms with Crippen molar-refractivity contribution >= 4 is 21.9 Å². The second-order valence-corrected chi connectivity index (χ2v) is 6.31. The largest absolute Gasteiger partial charge is 0.438 e. The van der Waals surface area contributed by atoms with Crippen LogP contribution in [-0.4, -0.2) is 17.0 Å². The van der Waals surface area contributed by atoms with Gasteiger partial charge in [-0.3, -0.25) is 0 Å². The Kier molecular flexibility index (Phi) is 4.83. The molecule has 1 aromatic carbocycles. The van der Waals surface area contributed by atoms with Crippen molar-refractivity contribution < 1.29 is 4.74 Å². The molecule has 0 saturated heterocycles. The minimum Gasteiger partial charge on any atom is -0.438 e. The van der Waals surface area contributed by atoms with Crippen LogP contribution in [0.2, 0.25) is 0 Å². The zero-order chi connectivity index (χ0) is 15.5. The number of anilines is 1. The summed E-state index contributed by atoms with van der Waals surface area (Å²) < 4.78 is 6.54. The normalized spacial score (nSPS) is 11.3. The first-order chi connectivity index (χ1) is 9.96. The van der Waals surface area contributed by atoms with Gasteiger partial charge in [0.25, 0.3) is 0 Å². The average Bonchev–Trinajstić information content (AvgIpc) is 2.50. The first-order valence-corrected chi connectivity index (χ1v) is 7.74. The van der Waals surface area contributed by atoms with Gasteiger partial charge in [-0.15, -0.1) is 0 Å². The second kappa shape index (κ2) is 6.43. The molecule has 0 amide bonds. The number of ether oxygens (including phenoxy) is 1. The van der Waals surface area contributed by atoms with E-state index in [4.69, 9.17) is 4.74 Å². The van der Waals surface area contributed by atoms with Gasteiger partial charge in [-0.25, -0.2) is 4.98 Å². The Morgan fingerprint density at radius 1 is 1.24 bits per heavy atom. The van der Waals surface area contributed by atoms with Gasteiger partial charge in [-0.2, -0.15) is 4.98 Å². The van der Waals surface area contributed by atoms with Crippen LogP contribution in [0.15, 0.2) is 34.9 Å². The zero-order valence-corrected chi connectivity index (χ0v) is 14.4. The number of halogens is 1. The van der Waals surface area contributed by atoms with Crippen molar-refractivity contribution in [2.45, 2.75) is 32.6 Å². The molecule has 2 aromatic rings. The number of aromatic nitrogens is 2. The van der Waals surface area contributed by atoms with E-state index in [0.29, 0.717) is 11.8 Å². The predicted molar refractivity (Wildman–Crippen MR) is 89.1 cm³/mol. The fourth-order valence-electron chi connectivity index (χ4n) is 1.83. The Balaban J connectivity index is 2.21. The van der Waals surface area contributed by atoms with E-state index in [0.717, 1.165) is 16.6 Å². The molecule has 0 radical (unpaired) electrons. The lowest BCUT2D eigenvalue weighted by Gasteiger charge is -2.23. The molecule has 1 aromatic heterocycles. The van der Waals surface area contributed by atoms with Gasteiger partial charge in [0.2, 0.25) is 11.8 Å². The number of nitrogens with one attached hydrogen (secondary N) is 1. The van der Waals surface area contributed by atoms with Crippen LogP contribution in [0.5, 0.6) is 11.6 Å². The van der Waals surface area contributed by atoms with Gasteiger partial charge in [-0.05, 0) is 45.5 Å². The third-order valence-electron chi connectivity index (χ3n) is 3.67. The summed E-state index contributed by atoms with van der Waals surface area (Å²) in [5.41, 5.74) is 1.47. The number of benzene rings is 1. The first-order valence-electron chi connectivity index (χ1n) is 6.95. The van der Waals surface area contributed by atoms with Crippen molar-refractivity contribution in [3.8, 4) is 11.6 Å². The van der Waals surface area contributed by atoms with Crippen molar-refractivity contribution in [1.29, 1.82) is 0 Å². The molecular formula is C16H20BrN3O. The van der Waals surface area contributed by atoms with Crippen LogP contribution in [0.4, 0.5) is 5.95 Å². The topological polar surface area (TPSA) is 47.0 Å². The fourth-order valence-corrected chi connectivity index (χ4v) is 2.11. The molecule has 0 unspecified atom stereocenters. The highest BCUT2D eigenvalue weighted by Gasteiger charge is 2.17. The highest BCUT2D eigenvalue weighted by Crippen LogP contribution is 2.31. The molecule has 0 aliphatic carbocycles. The van der Waals surface area contributed by atoms with Crippen LogP contribution >= 0.6 is 15.9 Å². The van der Waals surface area contributed by atoms with E-state index in [2.05, 4.69) is 64.1 Å². The molecule has 21 heavy (non-hydrogen) atoms. The molecule has 0 fully saturated rings. The highest BCUT2D eigenvalue weighted by atomic mass is 79.9. The molecule has 0 bridgehead atoms. The van der Waals surface area contributed by atoms with Crippen LogP contribution < -0.4 is 10.1 Å². The van der Waals surface area contributed by atoms with Gasteiger partial charge in [0.05, 0.1) is 10.7 Å². The Morgan fingerprint density at radius 2 is 1.90 bits per heavy atom. The van der Waals surface area contributed by atoms with Gasteiger partial charge in [0, 0.05) is 7.05 Å². The summed E-state index contributed by atoms with van der Waals surface area (Å²) in [5, 5.41) is 2.89. The zero-order valence-electron chi connectivity index (χ0n) is 12.8. The Bertz CT molecular complexity index is 611. The molecule has 0 aliphatic rings. The summed E-state index contributed by atoms with van der Waals surface area (Å²) in [4.78, 5) is 8.39. The molecule has 2 rings (SSSR count). The summed E-state index contributed by atoms with van der Waals surface area (Å²) in [7, 11) is 1.77. The minimum absolute atomic E-state index is 0.174. The molecule has 112 valence electrons. The number of hydrogen-bond acceptors (Lipinski definition) is 4. The third-order valence-corrected chi connectivity index (χ3v) is 4.21. The van der Waals surface area contributed by atoms with Crippen LogP contribution in [0, 0.1) is 0 Å². The van der Waals surface area contributed by atoms with E-state index >= 15 is 0 Å². The minimum atomic E-state index is 0.174. The Hall–Kier alpha value is -1.62. The standard InChI is InChI=1S/C16H20BrN3O/c1-5-16(2,3)11-6-8-12(9-7-11)21-14-13(17)10-19-15(18-4)20-14/h6-10H,5H2,1-4H3,(H,18,19,20). The number of hydrogen-bond donors (Lipinski definition) is 1. The molecule has 1 heterocycles. The lowest BCUT2D eigenvalue weighted by atomic mass is 9.82. The monoisotopic (exact) mass is 349 g/mol. The quantitative estimate of drug-likeness (QED) is 0.845. The summed E-state index contributed by atoms with van der Waals surface area (Å²) in [6.07, 6.45) is 2.76. The number of nitrogens with zero attached hydrogens (tertiary/aromatic N) is 2. The van der Waals surface area contributed by atoms with E-state index in [1.807, 2.05) is 12.1 Å². The lowest BCUT2D eigenvalue weighted by Crippen LogP contribution is -2.14. The van der Waals surface area contributed by atoms with Gasteiger partial charge < -0.3 is 10.1 Å². The summed E-state index contributed by atoms with van der Waals surface area (Å²) in [6.45, 7) is 6.67. The average molecular weight is 350 g/mol. The molecule has 1 N–H and O–H groups in total. The van der Waals surface area contributed by atoms with Gasteiger partial charge in [0.1, 0.15) is 5.75 Å². The highest BCUT2D eigenvalue weighted by molar-refractivity contribution is 9.10. The van der Waals surface area contributed by atoms with Crippen molar-refractivity contribution in [3.05, 3.63) is 40.5 Å². The second-order valence-electron chi connectivity index (χ2n) is 5.46. The summed E-state index contributed by atoms with van der Waals surface area (Å²) >= 11 is 3.40. The van der Waals surface area contributed by atoms with Gasteiger partial charge in [-0.1, -0.05) is 32.9 Å². The maximum absolute atomic E-state index is 5.81. The molecule has 5 heteroatoms. The van der Waals surface area contributed by atoms with E-state index < -0.39 is 0 Å². The molecule has 0 atom stereocenters. The Labute approximate surface area is 134 Å². The summed E-state index contributed by atoms with van der Waals surface area (Å²) in [5.74, 6) is 1.78. The van der Waals surface area contributed by atoms with E-state index in [-0.39, 0.29) is 5.41 Å². The third kappa shape index (κ3) is 3.73. The van der Waals surface area contributed by atoms with Crippen LogP contribution in [0.3, 0.4) is 0 Å². The van der Waals surface area contributed by atoms with Crippen molar-refractivity contribution in [2.75, 3.05) is 12.4 Å². The molecule has 0 spiro atoms. The maximum atomic E-state index is 5.81. The molecular weight excluding hydrogens is 330 g/mol. The van der Waals surface area contributed by atoms with Crippen LogP contribution in [0.25, 0.3) is 0 Å². The molecule has 0 aliphatic heterocycles. The van der Waals surface area contributed by atoms with E-state index in [1.165, 1.54) is 5.56 Å². The van der Waals surface area contributed by atoms with Crippen molar-refractivity contribution in [1.82, 2.24) is 9.97 Å². The van der Waals surface area contributed by atoms with Gasteiger partial charge >= 0.3 is 0 Å². The van der Waals surface area contributed by atoms with E-state index in [1.54, 1.807) is 13.2 Å². The van der Waals surface area contributed by atoms with Crippen molar-refractivity contribution in [3.63, 3.8) is 0 Å². The van der Waals surface area contributed by atoms with Crippen LogP contribution in [-0.2, 0) is 5.41 Å². The summed E-state index contributed by atoms with van der Waals surface area (Å²) in [6, 6.07) is 8.15. The fraction of sp³-hybridized carbons (Fsp3) is 0.375. The molecule has 0 saturated carbocycles. The number of rotatable bonds is 5.